The summed E-state index contributed by atoms with van der Waals surface area (Å²) in [4.78, 5) is 12.1. The van der Waals surface area contributed by atoms with Crippen LogP contribution in [0.25, 0.3) is 10.9 Å². The van der Waals surface area contributed by atoms with E-state index in [2.05, 4.69) is 23.7 Å². The van der Waals surface area contributed by atoms with Crippen LogP contribution in [0.5, 0.6) is 0 Å². The van der Waals surface area contributed by atoms with Gasteiger partial charge in [0.25, 0.3) is 5.91 Å². The Morgan fingerprint density at radius 3 is 2.85 bits per heavy atom. The predicted molar refractivity (Wildman–Crippen MR) is 82.6 cm³/mol. The number of benzene rings is 1. The Kier molecular flexibility index (Phi) is 3.25. The largest absolute Gasteiger partial charge is 0.349 e. The highest BCUT2D eigenvalue weighted by Crippen LogP contribution is 2.33. The van der Waals surface area contributed by atoms with Gasteiger partial charge in [0, 0.05) is 23.5 Å². The Labute approximate surface area is 123 Å². The van der Waals surface area contributed by atoms with Crippen molar-refractivity contribution in [3.63, 3.8) is 0 Å². The van der Waals surface area contributed by atoms with Crippen molar-refractivity contribution in [3.05, 3.63) is 34.0 Å². The topological polar surface area (TPSA) is 34.0 Å². The molecule has 2 aromatic rings. The Hall–Kier alpha value is -1.48. The van der Waals surface area contributed by atoms with Gasteiger partial charge in [0.05, 0.1) is 5.52 Å². The van der Waals surface area contributed by atoms with Crippen LogP contribution >= 0.6 is 11.6 Å². The van der Waals surface area contributed by atoms with Gasteiger partial charge in [0.1, 0.15) is 5.69 Å². The van der Waals surface area contributed by atoms with Crippen molar-refractivity contribution >= 4 is 28.4 Å². The predicted octanol–water partition coefficient (Wildman–Crippen LogP) is 3.55. The van der Waals surface area contributed by atoms with E-state index in [0.717, 1.165) is 34.6 Å². The lowest BCUT2D eigenvalue weighted by Gasteiger charge is -2.19. The van der Waals surface area contributed by atoms with E-state index < -0.39 is 0 Å². The number of carbonyl (C=O) groups is 1. The molecule has 20 heavy (non-hydrogen) atoms. The van der Waals surface area contributed by atoms with Crippen LogP contribution in [0.4, 0.5) is 0 Å². The van der Waals surface area contributed by atoms with Crippen LogP contribution in [0.3, 0.4) is 0 Å². The number of nitrogens with zero attached hydrogens (tertiary/aromatic N) is 1. The number of halogens is 1. The minimum absolute atomic E-state index is 0.0246. The second-order valence-electron chi connectivity index (χ2n) is 5.94. The van der Waals surface area contributed by atoms with Gasteiger partial charge in [-0.2, -0.15) is 0 Å². The summed E-state index contributed by atoms with van der Waals surface area (Å²) in [5.74, 6) is 0.581. The minimum Gasteiger partial charge on any atom is -0.349 e. The fourth-order valence-corrected chi connectivity index (χ4v) is 3.42. The zero-order valence-electron chi connectivity index (χ0n) is 12.1. The summed E-state index contributed by atoms with van der Waals surface area (Å²) < 4.78 is 2.16. The number of hydrogen-bond acceptors (Lipinski definition) is 1. The molecule has 0 bridgehead atoms. The molecule has 0 aliphatic carbocycles. The monoisotopic (exact) mass is 290 g/mol. The molecule has 2 heterocycles. The number of aromatic nitrogens is 1. The zero-order chi connectivity index (χ0) is 14.4. The van der Waals surface area contributed by atoms with Crippen molar-refractivity contribution in [1.82, 2.24) is 9.88 Å². The van der Waals surface area contributed by atoms with Gasteiger partial charge in [-0.05, 0) is 42.5 Å². The van der Waals surface area contributed by atoms with E-state index in [0.29, 0.717) is 12.5 Å². The van der Waals surface area contributed by atoms with Crippen LogP contribution in [-0.4, -0.2) is 17.0 Å². The van der Waals surface area contributed by atoms with E-state index in [9.17, 15) is 4.79 Å². The number of carbonyl (C=O) groups excluding carboxylic acids is 1. The molecule has 1 amide bonds. The van der Waals surface area contributed by atoms with E-state index in [4.69, 9.17) is 11.6 Å². The molecule has 0 saturated heterocycles. The van der Waals surface area contributed by atoms with Crippen LogP contribution in [0.2, 0.25) is 5.02 Å². The molecule has 0 spiro atoms. The van der Waals surface area contributed by atoms with Gasteiger partial charge in [-0.25, -0.2) is 0 Å². The Balaban J connectivity index is 2.35. The second-order valence-corrected chi connectivity index (χ2v) is 6.38. The van der Waals surface area contributed by atoms with Crippen molar-refractivity contribution < 1.29 is 4.79 Å². The van der Waals surface area contributed by atoms with Gasteiger partial charge in [-0.3, -0.25) is 4.79 Å². The van der Waals surface area contributed by atoms with Crippen molar-refractivity contribution in [2.24, 2.45) is 5.92 Å². The first-order valence-corrected chi connectivity index (χ1v) is 7.46. The molecule has 1 aromatic carbocycles. The van der Waals surface area contributed by atoms with E-state index in [1.165, 1.54) is 11.1 Å². The van der Waals surface area contributed by atoms with E-state index in [1.807, 2.05) is 19.1 Å². The molecule has 3 rings (SSSR count). The van der Waals surface area contributed by atoms with E-state index >= 15 is 0 Å². The number of nitrogens with one attached hydrogen (secondary N) is 1. The third kappa shape index (κ3) is 2.01. The summed E-state index contributed by atoms with van der Waals surface area (Å²) in [6.45, 7) is 7.93. The van der Waals surface area contributed by atoms with E-state index in [1.54, 1.807) is 0 Å². The van der Waals surface area contributed by atoms with Gasteiger partial charge >= 0.3 is 0 Å². The molecule has 1 aliphatic heterocycles. The van der Waals surface area contributed by atoms with Gasteiger partial charge < -0.3 is 9.88 Å². The normalized spacial score (nSPS) is 14.8. The van der Waals surface area contributed by atoms with Crippen molar-refractivity contribution in [3.8, 4) is 0 Å². The molecule has 0 unspecified atom stereocenters. The molecule has 1 aromatic heterocycles. The van der Waals surface area contributed by atoms with Gasteiger partial charge in [0.15, 0.2) is 0 Å². The lowest BCUT2D eigenvalue weighted by Crippen LogP contribution is -2.35. The van der Waals surface area contributed by atoms with Crippen molar-refractivity contribution in [2.45, 2.75) is 33.7 Å². The summed E-state index contributed by atoms with van der Waals surface area (Å²) in [5.41, 5.74) is 4.25. The van der Waals surface area contributed by atoms with Crippen LogP contribution in [0, 0.1) is 12.8 Å². The summed E-state index contributed by atoms with van der Waals surface area (Å²) in [7, 11) is 0. The highest BCUT2D eigenvalue weighted by Gasteiger charge is 2.25. The number of hydrogen-bond donors (Lipinski definition) is 1. The SMILES string of the molecule is Cc1c2n(c3c(CC(C)C)cc(Cl)cc13)CCNC2=O. The summed E-state index contributed by atoms with van der Waals surface area (Å²) in [6.07, 6.45) is 0.974. The quantitative estimate of drug-likeness (QED) is 0.902. The van der Waals surface area contributed by atoms with Crippen LogP contribution in [-0.2, 0) is 13.0 Å². The maximum absolute atomic E-state index is 12.1. The summed E-state index contributed by atoms with van der Waals surface area (Å²) in [5, 5.41) is 4.78. The molecular weight excluding hydrogens is 272 g/mol. The highest BCUT2D eigenvalue weighted by atomic mass is 35.5. The Morgan fingerprint density at radius 2 is 2.15 bits per heavy atom. The molecule has 1 N–H and O–H groups in total. The fraction of sp³-hybridized carbons (Fsp3) is 0.438. The lowest BCUT2D eigenvalue weighted by atomic mass is 10.00. The molecule has 3 nitrogen and oxygen atoms in total. The molecule has 0 saturated carbocycles. The van der Waals surface area contributed by atoms with Crippen LogP contribution < -0.4 is 5.32 Å². The van der Waals surface area contributed by atoms with Crippen LogP contribution in [0.1, 0.15) is 35.5 Å². The number of rotatable bonds is 2. The molecule has 0 atom stereocenters. The molecule has 106 valence electrons. The van der Waals surface area contributed by atoms with Gasteiger partial charge in [-0.15, -0.1) is 0 Å². The smallest absolute Gasteiger partial charge is 0.268 e. The maximum atomic E-state index is 12.1. The molecule has 0 fully saturated rings. The average molecular weight is 291 g/mol. The molecular formula is C16H19ClN2O. The Bertz CT molecular complexity index is 700. The van der Waals surface area contributed by atoms with Gasteiger partial charge in [-0.1, -0.05) is 25.4 Å². The summed E-state index contributed by atoms with van der Waals surface area (Å²) in [6, 6.07) is 4.03. The average Bonchev–Trinajstić information content (AvgIpc) is 2.63. The first-order valence-electron chi connectivity index (χ1n) is 7.08. The molecule has 4 heteroatoms. The third-order valence-electron chi connectivity index (χ3n) is 3.92. The van der Waals surface area contributed by atoms with Gasteiger partial charge in [0.2, 0.25) is 0 Å². The first-order chi connectivity index (χ1) is 9.49. The van der Waals surface area contributed by atoms with E-state index in [-0.39, 0.29) is 5.91 Å². The fourth-order valence-electron chi connectivity index (χ4n) is 3.18. The first kappa shape index (κ1) is 13.5. The zero-order valence-corrected chi connectivity index (χ0v) is 12.8. The van der Waals surface area contributed by atoms with Crippen molar-refractivity contribution in [1.29, 1.82) is 0 Å². The third-order valence-corrected chi connectivity index (χ3v) is 4.14. The lowest BCUT2D eigenvalue weighted by molar-refractivity contribution is 0.0928. The molecule has 0 radical (unpaired) electrons. The number of fused-ring (bicyclic) bond motifs is 3. The Morgan fingerprint density at radius 1 is 1.40 bits per heavy atom. The van der Waals surface area contributed by atoms with Crippen molar-refractivity contribution in [2.75, 3.05) is 6.54 Å². The number of amides is 1. The maximum Gasteiger partial charge on any atom is 0.268 e. The second kappa shape index (κ2) is 4.81. The standard InChI is InChI=1S/C16H19ClN2O/c1-9(2)6-11-7-12(17)8-13-10(3)14-16(20)18-4-5-19(14)15(11)13/h7-9H,4-6H2,1-3H3,(H,18,20). The summed E-state index contributed by atoms with van der Waals surface area (Å²) >= 11 is 6.27. The molecule has 1 aliphatic rings. The highest BCUT2D eigenvalue weighted by molar-refractivity contribution is 6.31. The van der Waals surface area contributed by atoms with Crippen LogP contribution in [0.15, 0.2) is 12.1 Å². The minimum atomic E-state index is 0.0246. The number of aryl methyl sites for hydroxylation is 1.